The van der Waals surface area contributed by atoms with E-state index in [1.807, 2.05) is 72.8 Å². The summed E-state index contributed by atoms with van der Waals surface area (Å²) in [7, 11) is 1.79. The van der Waals surface area contributed by atoms with Crippen molar-refractivity contribution in [2.75, 3.05) is 4.90 Å². The van der Waals surface area contributed by atoms with Gasteiger partial charge < -0.3 is 4.42 Å². The van der Waals surface area contributed by atoms with Crippen molar-refractivity contribution in [1.82, 2.24) is 9.36 Å². The van der Waals surface area contributed by atoms with Gasteiger partial charge in [-0.25, -0.2) is 4.68 Å². The minimum atomic E-state index is -0.339. The molecule has 164 valence electrons. The summed E-state index contributed by atoms with van der Waals surface area (Å²) in [4.78, 5) is 28.4. The van der Waals surface area contributed by atoms with Crippen molar-refractivity contribution in [3.05, 3.63) is 99.5 Å². The molecule has 0 radical (unpaired) electrons. The van der Waals surface area contributed by atoms with E-state index >= 15 is 0 Å². The molecule has 1 aliphatic heterocycles. The molecule has 1 fully saturated rings. The van der Waals surface area contributed by atoms with Gasteiger partial charge in [-0.2, -0.15) is 0 Å². The standard InChI is InChI=1S/C25H19N3O3S2/c1-16-22(24(30)28(26(16)2)18-11-7-4-8-12-18)27-23(29)21(33-25(27)32)15-19-13-14-20(31-19)17-9-5-3-6-10-17/h3-15H,1-2H3/b21-15-. The number of hydrogen-bond acceptors (Lipinski definition) is 5. The lowest BCUT2D eigenvalue weighted by Gasteiger charge is -2.12. The van der Waals surface area contributed by atoms with Gasteiger partial charge in [0.05, 0.1) is 16.3 Å². The van der Waals surface area contributed by atoms with Crippen molar-refractivity contribution in [1.29, 1.82) is 0 Å². The van der Waals surface area contributed by atoms with E-state index in [1.54, 1.807) is 24.7 Å². The summed E-state index contributed by atoms with van der Waals surface area (Å²) in [5.41, 5.74) is 2.26. The Bertz CT molecular complexity index is 1460. The maximum Gasteiger partial charge on any atom is 0.296 e. The minimum absolute atomic E-state index is 0.261. The third kappa shape index (κ3) is 3.67. The van der Waals surface area contributed by atoms with E-state index in [0.717, 1.165) is 17.3 Å². The fourth-order valence-electron chi connectivity index (χ4n) is 3.79. The van der Waals surface area contributed by atoms with Crippen LogP contribution in [0.2, 0.25) is 0 Å². The van der Waals surface area contributed by atoms with E-state index in [9.17, 15) is 9.59 Å². The Labute approximate surface area is 199 Å². The van der Waals surface area contributed by atoms with E-state index in [0.29, 0.717) is 32.1 Å². The summed E-state index contributed by atoms with van der Waals surface area (Å²) >= 11 is 6.66. The largest absolute Gasteiger partial charge is 0.457 e. The first-order valence-corrected chi connectivity index (χ1v) is 11.5. The van der Waals surface area contributed by atoms with E-state index in [-0.39, 0.29) is 17.2 Å². The molecular weight excluding hydrogens is 454 g/mol. The molecule has 0 N–H and O–H groups in total. The van der Waals surface area contributed by atoms with Crippen LogP contribution in [0.1, 0.15) is 11.5 Å². The molecule has 1 amide bonds. The van der Waals surface area contributed by atoms with Crippen molar-refractivity contribution in [3.8, 4) is 17.0 Å². The quantitative estimate of drug-likeness (QED) is 0.303. The van der Waals surface area contributed by atoms with Crippen molar-refractivity contribution >= 4 is 46.0 Å². The number of para-hydroxylation sites is 1. The number of thioether (sulfide) groups is 1. The molecule has 5 rings (SSSR count). The normalized spacial score (nSPS) is 15.1. The molecular formula is C25H19N3O3S2. The number of nitrogens with zero attached hydrogens (tertiary/aromatic N) is 3. The van der Waals surface area contributed by atoms with E-state index in [1.165, 1.54) is 9.58 Å². The van der Waals surface area contributed by atoms with Gasteiger partial charge in [-0.1, -0.05) is 72.5 Å². The first-order chi connectivity index (χ1) is 16.0. The van der Waals surface area contributed by atoms with Crippen LogP contribution in [-0.4, -0.2) is 19.6 Å². The molecule has 2 aromatic heterocycles. The Morgan fingerprint density at radius 1 is 0.939 bits per heavy atom. The molecule has 6 nitrogen and oxygen atoms in total. The lowest BCUT2D eigenvalue weighted by atomic mass is 10.2. The number of amides is 1. The van der Waals surface area contributed by atoms with Crippen LogP contribution in [0, 0.1) is 6.92 Å². The zero-order valence-corrected chi connectivity index (χ0v) is 19.5. The smallest absolute Gasteiger partial charge is 0.296 e. The van der Waals surface area contributed by atoms with Gasteiger partial charge in [0.25, 0.3) is 11.5 Å². The molecule has 0 spiro atoms. The Hall–Kier alpha value is -3.62. The third-order valence-electron chi connectivity index (χ3n) is 5.50. The molecule has 2 aromatic carbocycles. The number of furan rings is 1. The first kappa shape index (κ1) is 21.2. The van der Waals surface area contributed by atoms with Gasteiger partial charge in [0.15, 0.2) is 4.32 Å². The van der Waals surface area contributed by atoms with E-state index in [4.69, 9.17) is 16.6 Å². The van der Waals surface area contributed by atoms with Gasteiger partial charge in [0.2, 0.25) is 0 Å². The summed E-state index contributed by atoms with van der Waals surface area (Å²) in [6, 6.07) is 22.7. The van der Waals surface area contributed by atoms with Gasteiger partial charge in [-0.3, -0.25) is 19.2 Å². The monoisotopic (exact) mass is 473 g/mol. The maximum absolute atomic E-state index is 13.4. The van der Waals surface area contributed by atoms with Crippen LogP contribution in [0.3, 0.4) is 0 Å². The van der Waals surface area contributed by atoms with Crippen LogP contribution < -0.4 is 10.5 Å². The molecule has 0 atom stereocenters. The molecule has 0 saturated carbocycles. The van der Waals surface area contributed by atoms with Crippen LogP contribution in [-0.2, 0) is 11.8 Å². The highest BCUT2D eigenvalue weighted by atomic mass is 32.2. The average molecular weight is 474 g/mol. The summed E-state index contributed by atoms with van der Waals surface area (Å²) < 4.78 is 9.49. The summed E-state index contributed by atoms with van der Waals surface area (Å²) in [5.74, 6) is 0.913. The second-order valence-electron chi connectivity index (χ2n) is 7.50. The lowest BCUT2D eigenvalue weighted by Crippen LogP contribution is -2.33. The van der Waals surface area contributed by atoms with Gasteiger partial charge in [0, 0.05) is 18.7 Å². The molecule has 0 aliphatic carbocycles. The van der Waals surface area contributed by atoms with Gasteiger partial charge in [0.1, 0.15) is 17.2 Å². The highest BCUT2D eigenvalue weighted by Gasteiger charge is 2.37. The lowest BCUT2D eigenvalue weighted by molar-refractivity contribution is -0.113. The molecule has 1 aliphatic rings. The SMILES string of the molecule is Cc1c(N2C(=O)/C(=C/c3ccc(-c4ccccc4)o3)SC2=S)c(=O)n(-c2ccccc2)n1C. The van der Waals surface area contributed by atoms with Gasteiger partial charge in [-0.05, 0) is 31.2 Å². The maximum atomic E-state index is 13.4. The number of anilines is 1. The molecule has 4 aromatic rings. The summed E-state index contributed by atoms with van der Waals surface area (Å²) in [5, 5.41) is 0. The molecule has 3 heterocycles. The predicted molar refractivity (Wildman–Crippen MR) is 136 cm³/mol. The number of thiocarbonyl (C=S) groups is 1. The number of aromatic nitrogens is 2. The summed E-state index contributed by atoms with van der Waals surface area (Å²) in [6.07, 6.45) is 1.67. The molecule has 33 heavy (non-hydrogen) atoms. The number of benzene rings is 2. The first-order valence-electron chi connectivity index (χ1n) is 10.2. The second kappa shape index (κ2) is 8.38. The average Bonchev–Trinajstić information content (AvgIpc) is 3.46. The third-order valence-corrected chi connectivity index (χ3v) is 6.80. The van der Waals surface area contributed by atoms with Crippen molar-refractivity contribution < 1.29 is 9.21 Å². The molecule has 8 heteroatoms. The number of hydrogen-bond donors (Lipinski definition) is 0. The van der Waals surface area contributed by atoms with Crippen molar-refractivity contribution in [3.63, 3.8) is 0 Å². The molecule has 0 bridgehead atoms. The van der Waals surface area contributed by atoms with Crippen LogP contribution >= 0.6 is 24.0 Å². The Kier molecular flexibility index (Phi) is 5.39. The molecule has 0 unspecified atom stereocenters. The second-order valence-corrected chi connectivity index (χ2v) is 9.17. The number of rotatable bonds is 4. The van der Waals surface area contributed by atoms with Crippen LogP contribution in [0.15, 0.2) is 86.9 Å². The minimum Gasteiger partial charge on any atom is -0.457 e. The van der Waals surface area contributed by atoms with E-state index < -0.39 is 0 Å². The number of carbonyl (C=O) groups excluding carboxylic acids is 1. The van der Waals surface area contributed by atoms with Crippen molar-refractivity contribution in [2.24, 2.45) is 7.05 Å². The van der Waals surface area contributed by atoms with E-state index in [2.05, 4.69) is 0 Å². The topological polar surface area (TPSA) is 60.4 Å². The van der Waals surface area contributed by atoms with Crippen LogP contribution in [0.4, 0.5) is 5.69 Å². The zero-order chi connectivity index (χ0) is 23.1. The van der Waals surface area contributed by atoms with Gasteiger partial charge in [-0.15, -0.1) is 0 Å². The fourth-order valence-corrected chi connectivity index (χ4v) is 5.04. The Balaban J connectivity index is 1.50. The van der Waals surface area contributed by atoms with Crippen LogP contribution in [0.25, 0.3) is 23.1 Å². The summed E-state index contributed by atoms with van der Waals surface area (Å²) in [6.45, 7) is 1.80. The Morgan fingerprint density at radius 2 is 1.61 bits per heavy atom. The van der Waals surface area contributed by atoms with Crippen LogP contribution in [0.5, 0.6) is 0 Å². The Morgan fingerprint density at radius 3 is 2.30 bits per heavy atom. The van der Waals surface area contributed by atoms with Gasteiger partial charge >= 0.3 is 0 Å². The highest BCUT2D eigenvalue weighted by Crippen LogP contribution is 2.37. The fraction of sp³-hybridized carbons (Fsp3) is 0.0800. The highest BCUT2D eigenvalue weighted by molar-refractivity contribution is 8.27. The molecule has 1 saturated heterocycles. The van der Waals surface area contributed by atoms with Crippen molar-refractivity contribution in [2.45, 2.75) is 6.92 Å². The zero-order valence-electron chi connectivity index (χ0n) is 17.9. The number of carbonyl (C=O) groups is 1. The predicted octanol–water partition coefficient (Wildman–Crippen LogP) is 5.15.